The monoisotopic (exact) mass is 560 g/mol. The van der Waals surface area contributed by atoms with Crippen molar-refractivity contribution in [1.29, 1.82) is 0 Å². The van der Waals surface area contributed by atoms with Gasteiger partial charge in [-0.2, -0.15) is 0 Å². The van der Waals surface area contributed by atoms with Gasteiger partial charge in [0, 0.05) is 69.0 Å². The highest BCUT2D eigenvalue weighted by atomic mass is 32.2. The van der Waals surface area contributed by atoms with E-state index in [1.807, 2.05) is 55.5 Å². The number of carbonyl (C=O) groups is 2. The topological polar surface area (TPSA) is 60.7 Å². The molecule has 4 aromatic carbocycles. The van der Waals surface area contributed by atoms with Crippen molar-refractivity contribution in [2.75, 3.05) is 5.75 Å². The zero-order valence-corrected chi connectivity index (χ0v) is 24.8. The molecular formula is C34H33BN2O3S. The summed E-state index contributed by atoms with van der Waals surface area (Å²) in [5.74, 6) is 0.350. The van der Waals surface area contributed by atoms with E-state index in [0.29, 0.717) is 23.3 Å². The molecule has 0 fully saturated rings. The fourth-order valence-electron chi connectivity index (χ4n) is 5.20. The van der Waals surface area contributed by atoms with Crippen molar-refractivity contribution in [2.45, 2.75) is 45.5 Å². The summed E-state index contributed by atoms with van der Waals surface area (Å²) in [5, 5.41) is 6.31. The Hall–Kier alpha value is -4.10. The fourth-order valence-corrected chi connectivity index (χ4v) is 6.06. The lowest BCUT2D eigenvalue weighted by Crippen LogP contribution is -2.08. The number of thioether (sulfide) groups is 1. The van der Waals surface area contributed by atoms with Crippen molar-refractivity contribution in [1.82, 2.24) is 4.57 Å². The number of carbonyl (C=O) groups excluding carboxylic acids is 2. The maximum atomic E-state index is 13.4. The van der Waals surface area contributed by atoms with Crippen molar-refractivity contribution in [3.63, 3.8) is 0 Å². The summed E-state index contributed by atoms with van der Waals surface area (Å²) >= 11 is 1.75. The lowest BCUT2D eigenvalue weighted by atomic mass is 9.74. The minimum Gasteiger partial charge on any atom is -0.341 e. The van der Waals surface area contributed by atoms with E-state index >= 15 is 0 Å². The molecule has 5 rings (SSSR count). The minimum atomic E-state index is -0.451. The summed E-state index contributed by atoms with van der Waals surface area (Å²) in [7, 11) is 1.02. The van der Waals surface area contributed by atoms with Crippen LogP contribution in [0.15, 0.2) is 95.0 Å². The minimum absolute atomic E-state index is 0.0136. The first-order valence-corrected chi connectivity index (χ1v) is 15.0. The molecule has 0 radical (unpaired) electrons. The Kier molecular flexibility index (Phi) is 8.74. The molecule has 206 valence electrons. The number of nitrogens with zero attached hydrogens (tertiary/aromatic N) is 2. The number of hydrogen-bond donors (Lipinski definition) is 0. The summed E-state index contributed by atoms with van der Waals surface area (Å²) in [6.07, 6.45) is 0.627. The average Bonchev–Trinajstić information content (AvgIpc) is 3.31. The number of fused-ring (bicyclic) bond motifs is 3. The van der Waals surface area contributed by atoms with Crippen LogP contribution in [0.1, 0.15) is 47.3 Å². The van der Waals surface area contributed by atoms with Crippen LogP contribution in [-0.4, -0.2) is 35.1 Å². The summed E-state index contributed by atoms with van der Waals surface area (Å²) in [5.41, 5.74) is 7.41. The molecule has 0 spiro atoms. The molecule has 0 saturated heterocycles. The number of hydrogen-bond acceptors (Lipinski definition) is 5. The molecule has 5 nitrogen and oxygen atoms in total. The van der Waals surface area contributed by atoms with Crippen LogP contribution in [0.25, 0.3) is 21.8 Å². The molecule has 5 aromatic rings. The van der Waals surface area contributed by atoms with Crippen LogP contribution in [0.2, 0.25) is 6.82 Å². The lowest BCUT2D eigenvalue weighted by Gasteiger charge is -2.08. The lowest BCUT2D eigenvalue weighted by molar-refractivity contribution is -0.140. The molecule has 1 heterocycles. The fraction of sp³-hybridized carbons (Fsp3) is 0.206. The summed E-state index contributed by atoms with van der Waals surface area (Å²) in [6.45, 7) is 8.39. The van der Waals surface area contributed by atoms with E-state index < -0.39 is 5.97 Å². The zero-order valence-electron chi connectivity index (χ0n) is 23.9. The number of rotatable bonds is 10. The highest BCUT2D eigenvalue weighted by molar-refractivity contribution is 7.99. The van der Waals surface area contributed by atoms with Gasteiger partial charge in [-0.05, 0) is 61.9 Å². The second-order valence-electron chi connectivity index (χ2n) is 10.1. The quantitative estimate of drug-likeness (QED) is 0.0465. The number of benzene rings is 4. The Balaban J connectivity index is 1.51. The highest BCUT2D eigenvalue weighted by Crippen LogP contribution is 2.32. The van der Waals surface area contributed by atoms with Crippen LogP contribution in [0, 0.1) is 6.92 Å². The third-order valence-corrected chi connectivity index (χ3v) is 8.40. The van der Waals surface area contributed by atoms with Gasteiger partial charge < -0.3 is 9.40 Å². The van der Waals surface area contributed by atoms with E-state index in [-0.39, 0.29) is 5.78 Å². The predicted octanol–water partition coefficient (Wildman–Crippen LogP) is 6.91. The van der Waals surface area contributed by atoms with Crippen LogP contribution in [-0.2, 0) is 16.2 Å². The van der Waals surface area contributed by atoms with E-state index in [1.54, 1.807) is 11.8 Å². The maximum Gasteiger partial charge on any atom is 0.331 e. The number of aromatic nitrogens is 1. The van der Waals surface area contributed by atoms with Gasteiger partial charge in [-0.15, -0.1) is 11.8 Å². The van der Waals surface area contributed by atoms with Crippen molar-refractivity contribution in [3.8, 4) is 0 Å². The van der Waals surface area contributed by atoms with Gasteiger partial charge in [-0.1, -0.05) is 59.9 Å². The molecule has 0 N–H and O–H groups in total. The summed E-state index contributed by atoms with van der Waals surface area (Å²) < 4.78 is 2.26. The van der Waals surface area contributed by atoms with Crippen LogP contribution in [0.5, 0.6) is 0 Å². The van der Waals surface area contributed by atoms with Gasteiger partial charge in [0.2, 0.25) is 0 Å². The van der Waals surface area contributed by atoms with Gasteiger partial charge in [0.05, 0.1) is 5.71 Å². The predicted molar refractivity (Wildman–Crippen MR) is 172 cm³/mol. The standard InChI is InChI=1S/C34H33BN2O3S/c1-5-37-32-16-10-24(31(36-40-23(3)38)18-19-41-27-14-12-26(35-4)13-15-27)20-29(32)30-21-25(11-17-33(30)37)34(39)28-9-7-6-8-22(28)2/h6-17,20-21,35H,5,18-19H2,1-4H3/b36-31+. The number of oxime groups is 1. The first-order chi connectivity index (χ1) is 19.9. The van der Waals surface area contributed by atoms with Gasteiger partial charge in [0.1, 0.15) is 0 Å². The smallest absolute Gasteiger partial charge is 0.331 e. The Bertz CT molecular complexity index is 1770. The Morgan fingerprint density at radius 1 is 0.902 bits per heavy atom. The van der Waals surface area contributed by atoms with Gasteiger partial charge >= 0.3 is 5.97 Å². The molecule has 0 saturated carbocycles. The van der Waals surface area contributed by atoms with Gasteiger partial charge in [-0.3, -0.25) is 4.79 Å². The molecule has 0 amide bonds. The van der Waals surface area contributed by atoms with Crippen LogP contribution in [0.3, 0.4) is 0 Å². The summed E-state index contributed by atoms with van der Waals surface area (Å²) in [6, 6.07) is 28.5. The van der Waals surface area contributed by atoms with Crippen molar-refractivity contribution in [3.05, 3.63) is 107 Å². The highest BCUT2D eigenvalue weighted by Gasteiger charge is 2.17. The largest absolute Gasteiger partial charge is 0.341 e. The molecule has 0 atom stereocenters. The van der Waals surface area contributed by atoms with Gasteiger partial charge in [0.25, 0.3) is 0 Å². The van der Waals surface area contributed by atoms with Gasteiger partial charge in [-0.25, -0.2) is 4.79 Å². The third kappa shape index (κ3) is 6.15. The molecule has 0 bridgehead atoms. The Morgan fingerprint density at radius 2 is 1.56 bits per heavy atom. The Labute approximate surface area is 245 Å². The average molecular weight is 561 g/mol. The second kappa shape index (κ2) is 12.6. The van der Waals surface area contributed by atoms with Gasteiger partial charge in [0.15, 0.2) is 13.1 Å². The second-order valence-corrected chi connectivity index (χ2v) is 11.2. The molecule has 1 aromatic heterocycles. The van der Waals surface area contributed by atoms with E-state index in [4.69, 9.17) is 4.84 Å². The molecule has 7 heteroatoms. The Morgan fingerprint density at radius 3 is 2.20 bits per heavy atom. The molecule has 0 unspecified atom stereocenters. The first kappa shape index (κ1) is 28.4. The van der Waals surface area contributed by atoms with Crippen molar-refractivity contribution < 1.29 is 14.4 Å². The van der Waals surface area contributed by atoms with Crippen LogP contribution < -0.4 is 5.46 Å². The normalized spacial score (nSPS) is 11.7. The molecule has 41 heavy (non-hydrogen) atoms. The first-order valence-electron chi connectivity index (χ1n) is 14.0. The molecule has 0 aliphatic carbocycles. The van der Waals surface area contributed by atoms with E-state index in [0.717, 1.165) is 52.5 Å². The third-order valence-electron chi connectivity index (χ3n) is 7.39. The van der Waals surface area contributed by atoms with E-state index in [9.17, 15) is 9.59 Å². The summed E-state index contributed by atoms with van der Waals surface area (Å²) in [4.78, 5) is 31.4. The van der Waals surface area contributed by atoms with Crippen LogP contribution in [0.4, 0.5) is 0 Å². The molecule has 0 aliphatic rings. The number of aryl methyl sites for hydroxylation is 2. The molecule has 0 aliphatic heterocycles. The van der Waals surface area contributed by atoms with Crippen LogP contribution >= 0.6 is 11.8 Å². The zero-order chi connectivity index (χ0) is 28.9. The van der Waals surface area contributed by atoms with Crippen molar-refractivity contribution >= 4 is 63.8 Å². The van der Waals surface area contributed by atoms with Crippen molar-refractivity contribution in [2.24, 2.45) is 5.16 Å². The number of ketones is 1. The molecular weight excluding hydrogens is 527 g/mol. The van der Waals surface area contributed by atoms with E-state index in [2.05, 4.69) is 59.9 Å². The SMILES string of the molecule is CBc1ccc(SCC/C(=N\OC(C)=O)c2ccc3c(c2)c2cc(C(=O)c4ccccc4C)ccc2n3CC)cc1. The van der Waals surface area contributed by atoms with E-state index in [1.165, 1.54) is 17.3 Å². The maximum absolute atomic E-state index is 13.4.